The van der Waals surface area contributed by atoms with Gasteiger partial charge in [-0.25, -0.2) is 9.78 Å². The number of amides is 2. The molecule has 0 aliphatic heterocycles. The van der Waals surface area contributed by atoms with E-state index in [0.29, 0.717) is 5.13 Å². The zero-order chi connectivity index (χ0) is 16.2. The molecule has 6 heteroatoms. The molecule has 118 valence electrons. The summed E-state index contributed by atoms with van der Waals surface area (Å²) in [5, 5.41) is 16.1. The number of nitrogens with zero attached hydrogens (tertiary/aromatic N) is 1. The molecule has 1 unspecified atom stereocenters. The Morgan fingerprint density at radius 2 is 1.96 bits per heavy atom. The number of hydrogen-bond acceptors (Lipinski definition) is 4. The van der Waals surface area contributed by atoms with Gasteiger partial charge in [0.1, 0.15) is 0 Å². The highest BCUT2D eigenvalue weighted by atomic mass is 32.1. The molecule has 23 heavy (non-hydrogen) atoms. The Kier molecular flexibility index (Phi) is 4.55. The molecule has 1 aromatic heterocycles. The first-order valence-corrected chi connectivity index (χ1v) is 8.09. The summed E-state index contributed by atoms with van der Waals surface area (Å²) in [6.07, 6.45) is -0.739. The van der Waals surface area contributed by atoms with Crippen LogP contribution in [0.5, 0.6) is 0 Å². The number of carbonyl (C=O) groups excluding carboxylic acids is 1. The highest BCUT2D eigenvalue weighted by molar-refractivity contribution is 7.22. The van der Waals surface area contributed by atoms with E-state index < -0.39 is 6.10 Å². The predicted octanol–water partition coefficient (Wildman–Crippen LogP) is 3.46. The standard InChI is InChI=1S/C17H17N3O2S/c1-11-6-2-3-7-12(11)14(21)10-18-16(22)20-17-19-13-8-4-5-9-15(13)23-17/h2-9,14,21H,10H2,1H3,(H2,18,19,20,22). The Bertz CT molecular complexity index is 798. The average molecular weight is 327 g/mol. The lowest BCUT2D eigenvalue weighted by molar-refractivity contribution is 0.174. The maximum absolute atomic E-state index is 11.9. The van der Waals surface area contributed by atoms with Crippen molar-refractivity contribution < 1.29 is 9.90 Å². The lowest BCUT2D eigenvalue weighted by Crippen LogP contribution is -2.32. The second-order valence-electron chi connectivity index (χ2n) is 5.19. The van der Waals surface area contributed by atoms with Crippen LogP contribution in [0, 0.1) is 6.92 Å². The van der Waals surface area contributed by atoms with Crippen molar-refractivity contribution in [3.63, 3.8) is 0 Å². The summed E-state index contributed by atoms with van der Waals surface area (Å²) >= 11 is 1.41. The van der Waals surface area contributed by atoms with E-state index in [0.717, 1.165) is 21.3 Å². The Morgan fingerprint density at radius 3 is 2.74 bits per heavy atom. The van der Waals surface area contributed by atoms with Gasteiger partial charge in [-0.15, -0.1) is 0 Å². The van der Waals surface area contributed by atoms with Crippen molar-refractivity contribution in [1.29, 1.82) is 0 Å². The minimum atomic E-state index is -0.739. The molecule has 3 rings (SSSR count). The molecule has 0 saturated heterocycles. The SMILES string of the molecule is Cc1ccccc1C(O)CNC(=O)Nc1nc2ccccc2s1. The number of fused-ring (bicyclic) bond motifs is 1. The first kappa shape index (κ1) is 15.5. The predicted molar refractivity (Wildman–Crippen MR) is 92.8 cm³/mol. The van der Waals surface area contributed by atoms with Crippen molar-refractivity contribution in [2.45, 2.75) is 13.0 Å². The van der Waals surface area contributed by atoms with E-state index in [1.54, 1.807) is 0 Å². The number of aromatic nitrogens is 1. The van der Waals surface area contributed by atoms with Crippen molar-refractivity contribution in [3.8, 4) is 0 Å². The second-order valence-corrected chi connectivity index (χ2v) is 6.22. The van der Waals surface area contributed by atoms with Crippen LogP contribution >= 0.6 is 11.3 Å². The van der Waals surface area contributed by atoms with Crippen molar-refractivity contribution in [1.82, 2.24) is 10.3 Å². The number of thiazole rings is 1. The Balaban J connectivity index is 1.58. The van der Waals surface area contributed by atoms with Gasteiger partial charge in [-0.1, -0.05) is 47.7 Å². The van der Waals surface area contributed by atoms with Crippen LogP contribution in [0.1, 0.15) is 17.2 Å². The molecule has 5 nitrogen and oxygen atoms in total. The molecule has 0 spiro atoms. The summed E-state index contributed by atoms with van der Waals surface area (Å²) in [6, 6.07) is 14.9. The molecule has 1 heterocycles. The van der Waals surface area contributed by atoms with Crippen LogP contribution in [-0.4, -0.2) is 22.7 Å². The molecule has 0 bridgehead atoms. The summed E-state index contributed by atoms with van der Waals surface area (Å²) in [4.78, 5) is 16.3. The molecular weight excluding hydrogens is 310 g/mol. The summed E-state index contributed by atoms with van der Waals surface area (Å²) in [6.45, 7) is 2.07. The monoisotopic (exact) mass is 327 g/mol. The van der Waals surface area contributed by atoms with Crippen LogP contribution in [0.4, 0.5) is 9.93 Å². The average Bonchev–Trinajstić information content (AvgIpc) is 2.95. The first-order valence-electron chi connectivity index (χ1n) is 7.27. The van der Waals surface area contributed by atoms with E-state index in [1.165, 1.54) is 11.3 Å². The fourth-order valence-electron chi connectivity index (χ4n) is 2.33. The Hall–Kier alpha value is -2.44. The molecule has 2 amide bonds. The van der Waals surface area contributed by atoms with Crippen molar-refractivity contribution in [2.24, 2.45) is 0 Å². The molecule has 0 radical (unpaired) electrons. The van der Waals surface area contributed by atoms with Crippen molar-refractivity contribution in [2.75, 3.05) is 11.9 Å². The lowest BCUT2D eigenvalue weighted by atomic mass is 10.0. The number of anilines is 1. The summed E-state index contributed by atoms with van der Waals surface area (Å²) < 4.78 is 1.02. The van der Waals surface area contributed by atoms with Gasteiger partial charge in [0, 0.05) is 6.54 Å². The van der Waals surface area contributed by atoms with Gasteiger partial charge in [-0.3, -0.25) is 5.32 Å². The van der Waals surface area contributed by atoms with Crippen LogP contribution < -0.4 is 10.6 Å². The van der Waals surface area contributed by atoms with Crippen LogP contribution in [0.3, 0.4) is 0 Å². The fraction of sp³-hybridized carbons (Fsp3) is 0.176. The van der Waals surface area contributed by atoms with Crippen LogP contribution in [-0.2, 0) is 0 Å². The van der Waals surface area contributed by atoms with Gasteiger partial charge in [-0.2, -0.15) is 0 Å². The summed E-state index contributed by atoms with van der Waals surface area (Å²) in [5.74, 6) is 0. The minimum Gasteiger partial charge on any atom is -0.387 e. The number of urea groups is 1. The molecule has 0 aliphatic carbocycles. The zero-order valence-corrected chi connectivity index (χ0v) is 13.4. The zero-order valence-electron chi connectivity index (χ0n) is 12.6. The number of aliphatic hydroxyl groups is 1. The minimum absolute atomic E-state index is 0.140. The van der Waals surface area contributed by atoms with E-state index in [9.17, 15) is 9.90 Å². The normalized spacial score (nSPS) is 12.1. The molecule has 0 aliphatic rings. The highest BCUT2D eigenvalue weighted by Gasteiger charge is 2.12. The van der Waals surface area contributed by atoms with E-state index in [4.69, 9.17) is 0 Å². The number of hydrogen-bond donors (Lipinski definition) is 3. The largest absolute Gasteiger partial charge is 0.387 e. The third kappa shape index (κ3) is 3.67. The number of rotatable bonds is 4. The second kappa shape index (κ2) is 6.76. The number of aryl methyl sites for hydroxylation is 1. The van der Waals surface area contributed by atoms with Gasteiger partial charge in [0.15, 0.2) is 5.13 Å². The third-order valence-electron chi connectivity index (χ3n) is 3.52. The van der Waals surface area contributed by atoms with Crippen molar-refractivity contribution >= 4 is 32.7 Å². The third-order valence-corrected chi connectivity index (χ3v) is 4.47. The number of benzene rings is 2. The fourth-order valence-corrected chi connectivity index (χ4v) is 3.19. The van der Waals surface area contributed by atoms with Gasteiger partial charge in [0.2, 0.25) is 0 Å². The van der Waals surface area contributed by atoms with Crippen molar-refractivity contribution in [3.05, 3.63) is 59.7 Å². The van der Waals surface area contributed by atoms with Gasteiger partial charge >= 0.3 is 6.03 Å². The molecule has 1 atom stereocenters. The lowest BCUT2D eigenvalue weighted by Gasteiger charge is -2.14. The smallest absolute Gasteiger partial charge is 0.321 e. The van der Waals surface area contributed by atoms with Crippen LogP contribution in [0.2, 0.25) is 0 Å². The maximum Gasteiger partial charge on any atom is 0.321 e. The van der Waals surface area contributed by atoms with Crippen LogP contribution in [0.15, 0.2) is 48.5 Å². The molecule has 0 saturated carbocycles. The molecule has 3 N–H and O–H groups in total. The summed E-state index contributed by atoms with van der Waals surface area (Å²) in [7, 11) is 0. The van der Waals surface area contributed by atoms with E-state index in [2.05, 4.69) is 15.6 Å². The number of aliphatic hydroxyl groups excluding tert-OH is 1. The highest BCUT2D eigenvalue weighted by Crippen LogP contribution is 2.25. The Morgan fingerprint density at radius 1 is 1.22 bits per heavy atom. The molecule has 2 aromatic carbocycles. The number of para-hydroxylation sites is 1. The van der Waals surface area contributed by atoms with E-state index in [-0.39, 0.29) is 12.6 Å². The van der Waals surface area contributed by atoms with E-state index >= 15 is 0 Å². The molecule has 0 fully saturated rings. The quantitative estimate of drug-likeness (QED) is 0.687. The number of carbonyl (C=O) groups is 1. The van der Waals surface area contributed by atoms with Gasteiger partial charge in [-0.05, 0) is 30.2 Å². The van der Waals surface area contributed by atoms with Crippen LogP contribution in [0.25, 0.3) is 10.2 Å². The molecular formula is C17H17N3O2S. The van der Waals surface area contributed by atoms with E-state index in [1.807, 2.05) is 55.5 Å². The molecule has 3 aromatic rings. The topological polar surface area (TPSA) is 74.2 Å². The van der Waals surface area contributed by atoms with Gasteiger partial charge < -0.3 is 10.4 Å². The first-order chi connectivity index (χ1) is 11.1. The van der Waals surface area contributed by atoms with Gasteiger partial charge in [0.25, 0.3) is 0 Å². The Labute approximate surface area is 138 Å². The van der Waals surface area contributed by atoms with Gasteiger partial charge in [0.05, 0.1) is 16.3 Å². The number of nitrogens with one attached hydrogen (secondary N) is 2. The summed E-state index contributed by atoms with van der Waals surface area (Å²) in [5.41, 5.74) is 2.66. The maximum atomic E-state index is 11.9.